The molecule has 0 aromatic heterocycles. The second-order valence-corrected chi connectivity index (χ2v) is 6.92. The van der Waals surface area contributed by atoms with Crippen molar-refractivity contribution in [2.45, 2.75) is 53.0 Å². The quantitative estimate of drug-likeness (QED) is 0.569. The molecule has 0 unspecified atom stereocenters. The zero-order valence-electron chi connectivity index (χ0n) is 16.0. The first kappa shape index (κ1) is 21.4. The van der Waals surface area contributed by atoms with Crippen molar-refractivity contribution in [3.8, 4) is 6.07 Å². The van der Waals surface area contributed by atoms with E-state index in [9.17, 15) is 14.4 Å². The van der Waals surface area contributed by atoms with Crippen molar-refractivity contribution in [3.63, 3.8) is 0 Å². The molecule has 0 fully saturated rings. The van der Waals surface area contributed by atoms with Gasteiger partial charge in [-0.1, -0.05) is 31.5 Å². The van der Waals surface area contributed by atoms with E-state index in [0.717, 1.165) is 11.1 Å². The molecule has 0 saturated carbocycles. The molecule has 0 radical (unpaired) electrons. The molecule has 0 saturated heterocycles. The van der Waals surface area contributed by atoms with Gasteiger partial charge in [0.1, 0.15) is 5.54 Å². The number of ether oxygens (including phenoxy) is 1. The molecule has 140 valence electrons. The lowest BCUT2D eigenvalue weighted by Gasteiger charge is -2.27. The van der Waals surface area contributed by atoms with Crippen molar-refractivity contribution in [1.82, 2.24) is 5.32 Å². The lowest BCUT2D eigenvalue weighted by Crippen LogP contribution is -2.50. The van der Waals surface area contributed by atoms with Crippen LogP contribution in [0.15, 0.2) is 18.2 Å². The number of hydrogen-bond acceptors (Lipinski definition) is 5. The molecule has 1 atom stereocenters. The summed E-state index contributed by atoms with van der Waals surface area (Å²) in [5, 5.41) is 11.7. The highest BCUT2D eigenvalue weighted by molar-refractivity contribution is 5.99. The minimum absolute atomic E-state index is 0.0205. The maximum atomic E-state index is 12.2. The molecule has 1 rings (SSSR count). The van der Waals surface area contributed by atoms with Crippen LogP contribution >= 0.6 is 0 Å². The van der Waals surface area contributed by atoms with Crippen molar-refractivity contribution < 1.29 is 19.1 Å². The summed E-state index contributed by atoms with van der Waals surface area (Å²) in [4.78, 5) is 35.9. The number of ketones is 1. The second kappa shape index (κ2) is 9.14. The van der Waals surface area contributed by atoms with Gasteiger partial charge >= 0.3 is 5.97 Å². The molecule has 1 N–H and O–H groups in total. The number of Topliss-reactive ketones (excluding diaryl/α,β-unsaturated/α-hetero) is 1. The standard InChI is InChI=1S/C20H26N2O4/c1-13(2)20(5,12-21)22-18(24)11-26-19(25)9-8-17(23)16-10-14(3)6-7-15(16)4/h6-7,10,13H,8-9,11H2,1-5H3,(H,22,24)/t20-/m0/s1. The number of amides is 1. The summed E-state index contributed by atoms with van der Waals surface area (Å²) < 4.78 is 4.90. The van der Waals surface area contributed by atoms with E-state index in [1.807, 2.05) is 45.9 Å². The van der Waals surface area contributed by atoms with Crippen LogP contribution in [0.4, 0.5) is 0 Å². The Morgan fingerprint density at radius 1 is 1.23 bits per heavy atom. The van der Waals surface area contributed by atoms with Crippen LogP contribution in [0.2, 0.25) is 0 Å². The van der Waals surface area contributed by atoms with Crippen molar-refractivity contribution in [2.24, 2.45) is 5.92 Å². The van der Waals surface area contributed by atoms with E-state index in [-0.39, 0.29) is 24.5 Å². The van der Waals surface area contributed by atoms with E-state index >= 15 is 0 Å². The summed E-state index contributed by atoms with van der Waals surface area (Å²) in [5.74, 6) is -1.40. The minimum Gasteiger partial charge on any atom is -0.456 e. The van der Waals surface area contributed by atoms with Crippen LogP contribution in [0.25, 0.3) is 0 Å². The van der Waals surface area contributed by atoms with Gasteiger partial charge in [-0.05, 0) is 38.3 Å². The van der Waals surface area contributed by atoms with Crippen LogP contribution in [0.1, 0.15) is 55.1 Å². The molecule has 1 aromatic carbocycles. The Hall–Kier alpha value is -2.68. The third-order valence-electron chi connectivity index (χ3n) is 4.40. The Morgan fingerprint density at radius 3 is 2.46 bits per heavy atom. The van der Waals surface area contributed by atoms with Gasteiger partial charge < -0.3 is 10.1 Å². The van der Waals surface area contributed by atoms with E-state index in [4.69, 9.17) is 10.00 Å². The molecule has 0 spiro atoms. The molecule has 6 nitrogen and oxygen atoms in total. The van der Waals surface area contributed by atoms with Crippen LogP contribution in [-0.4, -0.2) is 29.8 Å². The van der Waals surface area contributed by atoms with Gasteiger partial charge in [0.15, 0.2) is 12.4 Å². The molecular weight excluding hydrogens is 332 g/mol. The predicted octanol–water partition coefficient (Wildman–Crippen LogP) is 2.86. The Labute approximate surface area is 154 Å². The van der Waals surface area contributed by atoms with Gasteiger partial charge in [-0.15, -0.1) is 0 Å². The molecule has 0 bridgehead atoms. The highest BCUT2D eigenvalue weighted by Gasteiger charge is 2.30. The molecule has 1 aromatic rings. The van der Waals surface area contributed by atoms with E-state index in [2.05, 4.69) is 5.32 Å². The number of carbonyl (C=O) groups excluding carboxylic acids is 3. The van der Waals surface area contributed by atoms with Gasteiger partial charge in [0.25, 0.3) is 5.91 Å². The fraction of sp³-hybridized carbons (Fsp3) is 0.500. The first-order chi connectivity index (χ1) is 12.1. The number of nitriles is 1. The summed E-state index contributed by atoms with van der Waals surface area (Å²) in [6, 6.07) is 7.63. The maximum Gasteiger partial charge on any atom is 0.306 e. The molecule has 0 aliphatic heterocycles. The number of rotatable bonds is 8. The number of benzene rings is 1. The van der Waals surface area contributed by atoms with Crippen molar-refractivity contribution in [2.75, 3.05) is 6.61 Å². The zero-order chi connectivity index (χ0) is 19.9. The number of carbonyl (C=O) groups is 3. The average molecular weight is 358 g/mol. The first-order valence-electron chi connectivity index (χ1n) is 8.57. The molecule has 0 heterocycles. The fourth-order valence-corrected chi connectivity index (χ4v) is 2.23. The second-order valence-electron chi connectivity index (χ2n) is 6.92. The van der Waals surface area contributed by atoms with Crippen molar-refractivity contribution in [3.05, 3.63) is 34.9 Å². The number of hydrogen-bond donors (Lipinski definition) is 1. The summed E-state index contributed by atoms with van der Waals surface area (Å²) in [6.45, 7) is 8.51. The molecule has 26 heavy (non-hydrogen) atoms. The molecular formula is C20H26N2O4. The van der Waals surface area contributed by atoms with Gasteiger partial charge in [-0.25, -0.2) is 0 Å². The Kier molecular flexibility index (Phi) is 7.51. The van der Waals surface area contributed by atoms with Gasteiger partial charge in [-0.3, -0.25) is 14.4 Å². The predicted molar refractivity (Wildman–Crippen MR) is 97.4 cm³/mol. The largest absolute Gasteiger partial charge is 0.456 e. The highest BCUT2D eigenvalue weighted by atomic mass is 16.5. The van der Waals surface area contributed by atoms with Crippen molar-refractivity contribution in [1.29, 1.82) is 5.26 Å². The monoisotopic (exact) mass is 358 g/mol. The highest BCUT2D eigenvalue weighted by Crippen LogP contribution is 2.15. The Bertz CT molecular complexity index is 734. The van der Waals surface area contributed by atoms with Crippen LogP contribution < -0.4 is 5.32 Å². The summed E-state index contributed by atoms with van der Waals surface area (Å²) in [5.41, 5.74) is 1.40. The third-order valence-corrected chi connectivity index (χ3v) is 4.40. The lowest BCUT2D eigenvalue weighted by atomic mass is 9.90. The first-order valence-corrected chi connectivity index (χ1v) is 8.57. The van der Waals surface area contributed by atoms with Gasteiger partial charge in [0, 0.05) is 12.0 Å². The average Bonchev–Trinajstić information content (AvgIpc) is 2.59. The van der Waals surface area contributed by atoms with Crippen LogP contribution in [0.3, 0.4) is 0 Å². The van der Waals surface area contributed by atoms with Crippen molar-refractivity contribution >= 4 is 17.7 Å². The third kappa shape index (κ3) is 5.99. The number of nitrogens with zero attached hydrogens (tertiary/aromatic N) is 1. The number of aryl methyl sites for hydroxylation is 2. The van der Waals surface area contributed by atoms with Crippen LogP contribution in [-0.2, 0) is 14.3 Å². The van der Waals surface area contributed by atoms with E-state index in [1.165, 1.54) is 0 Å². The summed E-state index contributed by atoms with van der Waals surface area (Å²) in [7, 11) is 0. The maximum absolute atomic E-state index is 12.2. The van der Waals surface area contributed by atoms with Crippen LogP contribution in [0, 0.1) is 31.1 Å². The Morgan fingerprint density at radius 2 is 1.88 bits per heavy atom. The SMILES string of the molecule is Cc1ccc(C)c(C(=O)CCC(=O)OCC(=O)N[C@@](C)(C#N)C(C)C)c1. The fourth-order valence-electron chi connectivity index (χ4n) is 2.23. The molecule has 0 aliphatic rings. The van der Waals surface area contributed by atoms with Gasteiger partial charge in [0.05, 0.1) is 12.5 Å². The normalized spacial score (nSPS) is 12.8. The van der Waals surface area contributed by atoms with E-state index in [1.54, 1.807) is 13.0 Å². The van der Waals surface area contributed by atoms with Gasteiger partial charge in [-0.2, -0.15) is 5.26 Å². The summed E-state index contributed by atoms with van der Waals surface area (Å²) >= 11 is 0. The number of esters is 1. The smallest absolute Gasteiger partial charge is 0.306 e. The Balaban J connectivity index is 2.48. The minimum atomic E-state index is -1.03. The van der Waals surface area contributed by atoms with E-state index in [0.29, 0.717) is 5.56 Å². The molecule has 0 aliphatic carbocycles. The van der Waals surface area contributed by atoms with Gasteiger partial charge in [0.2, 0.25) is 0 Å². The van der Waals surface area contributed by atoms with Crippen LogP contribution in [0.5, 0.6) is 0 Å². The van der Waals surface area contributed by atoms with E-state index < -0.39 is 24.0 Å². The topological polar surface area (TPSA) is 96.3 Å². The lowest BCUT2D eigenvalue weighted by molar-refractivity contribution is -0.148. The summed E-state index contributed by atoms with van der Waals surface area (Å²) in [6.07, 6.45) is -0.0775. The number of nitrogens with one attached hydrogen (secondary N) is 1. The zero-order valence-corrected chi connectivity index (χ0v) is 16.0. The molecule has 1 amide bonds. The molecule has 6 heteroatoms.